The van der Waals surface area contributed by atoms with Crippen LogP contribution >= 0.6 is 0 Å². The topological polar surface area (TPSA) is 101 Å². The van der Waals surface area contributed by atoms with Crippen LogP contribution in [0, 0.1) is 5.82 Å². The number of benzene rings is 2. The average molecular weight is 489 g/mol. The van der Waals surface area contributed by atoms with E-state index in [9.17, 15) is 18.8 Å². The summed E-state index contributed by atoms with van der Waals surface area (Å²) in [5.74, 6) is -0.928. The van der Waals surface area contributed by atoms with Gasteiger partial charge in [0, 0.05) is 37.5 Å². The third-order valence-corrected chi connectivity index (χ3v) is 5.56. The van der Waals surface area contributed by atoms with Gasteiger partial charge in [0.2, 0.25) is 11.8 Å². The van der Waals surface area contributed by atoms with Crippen LogP contribution in [0.5, 0.6) is 0 Å². The van der Waals surface area contributed by atoms with Gasteiger partial charge in [0.25, 0.3) is 0 Å². The number of hydrogen-bond donors (Lipinski definition) is 2. The highest BCUT2D eigenvalue weighted by Crippen LogP contribution is 2.29. The molecule has 0 radical (unpaired) electrons. The summed E-state index contributed by atoms with van der Waals surface area (Å²) in [6.45, 7) is 2.13. The number of carbonyl (C=O) groups is 3. The van der Waals surface area contributed by atoms with Gasteiger partial charge in [0.15, 0.2) is 0 Å². The van der Waals surface area contributed by atoms with Crippen LogP contribution in [0.25, 0.3) is 17.2 Å². The largest absolute Gasteiger partial charge is 0.442 e. The van der Waals surface area contributed by atoms with Crippen molar-refractivity contribution in [3.63, 3.8) is 0 Å². The number of nitrogens with zero attached hydrogens (tertiary/aromatic N) is 2. The molecule has 2 heterocycles. The molecule has 0 bridgehead atoms. The monoisotopic (exact) mass is 488 g/mol. The lowest BCUT2D eigenvalue weighted by Gasteiger charge is -2.15. The number of anilines is 1. The lowest BCUT2D eigenvalue weighted by molar-refractivity contribution is -0.119. The van der Waals surface area contributed by atoms with Crippen LogP contribution in [-0.2, 0) is 20.9 Å². The molecule has 1 atom stereocenters. The Bertz CT molecular complexity index is 1280. The Morgan fingerprint density at radius 1 is 1.17 bits per heavy atom. The fourth-order valence-electron chi connectivity index (χ4n) is 3.70. The van der Waals surface area contributed by atoms with Crippen LogP contribution in [-0.4, -0.2) is 42.1 Å². The van der Waals surface area contributed by atoms with Crippen molar-refractivity contribution in [3.8, 4) is 11.1 Å². The first-order valence-electron chi connectivity index (χ1n) is 11.4. The summed E-state index contributed by atoms with van der Waals surface area (Å²) in [5.41, 5.74) is 3.12. The number of aromatic nitrogens is 1. The standard InChI is InChI=1S/C27H25FN4O4/c1-18(33)30-16-23-17-32(27(35)36-23)22-9-10-24(25(28)13-22)21-7-4-20(5-8-21)15-31-26(34)11-6-19-3-2-12-29-14-19/h2-14,23H,15-17H2,1H3,(H,30,33)(H,31,34)/t23-/m0/s1. The van der Waals surface area contributed by atoms with Crippen molar-refractivity contribution in [2.24, 2.45) is 0 Å². The number of hydrogen-bond acceptors (Lipinski definition) is 5. The third-order valence-electron chi connectivity index (χ3n) is 5.56. The van der Waals surface area contributed by atoms with Crippen LogP contribution in [0.1, 0.15) is 18.1 Å². The average Bonchev–Trinajstić information content (AvgIpc) is 3.26. The van der Waals surface area contributed by atoms with Gasteiger partial charge in [-0.1, -0.05) is 30.3 Å². The Morgan fingerprint density at radius 3 is 2.67 bits per heavy atom. The molecule has 1 fully saturated rings. The van der Waals surface area contributed by atoms with E-state index in [4.69, 9.17) is 4.74 Å². The number of amides is 3. The van der Waals surface area contributed by atoms with Gasteiger partial charge in [-0.15, -0.1) is 0 Å². The van der Waals surface area contributed by atoms with E-state index in [1.807, 2.05) is 18.2 Å². The molecule has 9 heteroatoms. The lowest BCUT2D eigenvalue weighted by Crippen LogP contribution is -2.33. The molecule has 1 aliphatic rings. The van der Waals surface area contributed by atoms with Crippen molar-refractivity contribution < 1.29 is 23.5 Å². The first kappa shape index (κ1) is 24.6. The van der Waals surface area contributed by atoms with E-state index in [2.05, 4.69) is 15.6 Å². The van der Waals surface area contributed by atoms with Gasteiger partial charge in [0.1, 0.15) is 11.9 Å². The fourth-order valence-corrected chi connectivity index (χ4v) is 3.70. The predicted molar refractivity (Wildman–Crippen MR) is 133 cm³/mol. The molecule has 0 unspecified atom stereocenters. The third kappa shape index (κ3) is 6.32. The molecule has 36 heavy (non-hydrogen) atoms. The maximum Gasteiger partial charge on any atom is 0.414 e. The maximum atomic E-state index is 14.9. The number of halogens is 1. The Balaban J connectivity index is 1.35. The second-order valence-electron chi connectivity index (χ2n) is 8.25. The molecule has 1 aliphatic heterocycles. The summed E-state index contributed by atoms with van der Waals surface area (Å²) in [6.07, 6.45) is 5.37. The van der Waals surface area contributed by atoms with E-state index in [0.29, 0.717) is 23.4 Å². The number of cyclic esters (lactones) is 1. The van der Waals surface area contributed by atoms with Crippen LogP contribution in [0.15, 0.2) is 73.1 Å². The number of nitrogens with one attached hydrogen (secondary N) is 2. The minimum Gasteiger partial charge on any atom is -0.442 e. The normalized spacial score (nSPS) is 15.1. The molecule has 184 valence electrons. The zero-order valence-electron chi connectivity index (χ0n) is 19.6. The number of carbonyl (C=O) groups excluding carboxylic acids is 3. The van der Waals surface area contributed by atoms with Crippen molar-refractivity contribution in [2.45, 2.75) is 19.6 Å². The summed E-state index contributed by atoms with van der Waals surface area (Å²) < 4.78 is 20.2. The van der Waals surface area contributed by atoms with E-state index in [1.54, 1.807) is 48.8 Å². The van der Waals surface area contributed by atoms with Gasteiger partial charge in [-0.05, 0) is 47.0 Å². The Labute approximate surface area is 207 Å². The highest BCUT2D eigenvalue weighted by atomic mass is 19.1. The maximum absolute atomic E-state index is 14.9. The molecule has 1 saturated heterocycles. The molecule has 2 aromatic carbocycles. The molecular formula is C27H25FN4O4. The van der Waals surface area contributed by atoms with Gasteiger partial charge in [-0.25, -0.2) is 9.18 Å². The number of rotatable bonds is 8. The van der Waals surface area contributed by atoms with Crippen molar-refractivity contribution in [3.05, 3.63) is 90.0 Å². The summed E-state index contributed by atoms with van der Waals surface area (Å²) in [4.78, 5) is 40.6. The molecule has 3 aromatic rings. The molecule has 0 aliphatic carbocycles. The molecule has 0 spiro atoms. The molecular weight excluding hydrogens is 463 g/mol. The minimum atomic E-state index is -0.584. The van der Waals surface area contributed by atoms with Gasteiger partial charge in [-0.2, -0.15) is 0 Å². The highest BCUT2D eigenvalue weighted by molar-refractivity contribution is 5.91. The summed E-state index contributed by atoms with van der Waals surface area (Å²) in [5, 5.41) is 5.42. The van der Waals surface area contributed by atoms with Gasteiger partial charge in [-0.3, -0.25) is 19.5 Å². The smallest absolute Gasteiger partial charge is 0.414 e. The first-order chi connectivity index (χ1) is 17.4. The predicted octanol–water partition coefficient (Wildman–Crippen LogP) is 3.68. The SMILES string of the molecule is CC(=O)NC[C@H]1CN(c2ccc(-c3ccc(CNC(=O)C=Cc4cccnc4)cc3)c(F)c2)C(=O)O1. The summed E-state index contributed by atoms with van der Waals surface area (Å²) in [6, 6.07) is 15.4. The lowest BCUT2D eigenvalue weighted by atomic mass is 10.0. The summed E-state index contributed by atoms with van der Waals surface area (Å²) >= 11 is 0. The number of pyridine rings is 1. The Hall–Kier alpha value is -4.53. The fraction of sp³-hybridized carbons (Fsp3) is 0.185. The second kappa shape index (κ2) is 11.3. The van der Waals surface area contributed by atoms with E-state index >= 15 is 0 Å². The van der Waals surface area contributed by atoms with Crippen LogP contribution in [0.2, 0.25) is 0 Å². The highest BCUT2D eigenvalue weighted by Gasteiger charge is 2.32. The minimum absolute atomic E-state index is 0.200. The molecule has 8 nitrogen and oxygen atoms in total. The van der Waals surface area contributed by atoms with E-state index in [1.165, 1.54) is 24.0 Å². The first-order valence-corrected chi connectivity index (χ1v) is 11.4. The van der Waals surface area contributed by atoms with Crippen LogP contribution in [0.4, 0.5) is 14.9 Å². The summed E-state index contributed by atoms with van der Waals surface area (Å²) in [7, 11) is 0. The zero-order chi connectivity index (χ0) is 25.5. The van der Waals surface area contributed by atoms with E-state index in [-0.39, 0.29) is 24.9 Å². The molecule has 1 aromatic heterocycles. The Morgan fingerprint density at radius 2 is 1.97 bits per heavy atom. The van der Waals surface area contributed by atoms with Gasteiger partial charge < -0.3 is 15.4 Å². The van der Waals surface area contributed by atoms with Gasteiger partial charge >= 0.3 is 6.09 Å². The van der Waals surface area contributed by atoms with Crippen LogP contribution in [0.3, 0.4) is 0 Å². The van der Waals surface area contributed by atoms with Crippen molar-refractivity contribution >= 4 is 29.7 Å². The number of ether oxygens (including phenoxy) is 1. The second-order valence-corrected chi connectivity index (χ2v) is 8.25. The quantitative estimate of drug-likeness (QED) is 0.471. The van der Waals surface area contributed by atoms with Crippen LogP contribution < -0.4 is 15.5 Å². The molecule has 4 rings (SSSR count). The van der Waals surface area contributed by atoms with Crippen molar-refractivity contribution in [1.29, 1.82) is 0 Å². The van der Waals surface area contributed by atoms with Crippen molar-refractivity contribution in [1.82, 2.24) is 15.6 Å². The molecule has 2 N–H and O–H groups in total. The van der Waals surface area contributed by atoms with Crippen molar-refractivity contribution in [2.75, 3.05) is 18.0 Å². The van der Waals surface area contributed by atoms with E-state index < -0.39 is 18.0 Å². The molecule has 3 amide bonds. The van der Waals surface area contributed by atoms with E-state index in [0.717, 1.165) is 11.1 Å². The molecule has 0 saturated carbocycles. The van der Waals surface area contributed by atoms with Gasteiger partial charge in [0.05, 0.1) is 18.8 Å². The Kier molecular flexibility index (Phi) is 7.69. The zero-order valence-corrected chi connectivity index (χ0v) is 19.6.